The zero-order valence-electron chi connectivity index (χ0n) is 12.3. The summed E-state index contributed by atoms with van der Waals surface area (Å²) in [6.07, 6.45) is 3.73. The van der Waals surface area contributed by atoms with Crippen LogP contribution in [-0.4, -0.2) is 0 Å². The highest BCUT2D eigenvalue weighted by molar-refractivity contribution is 5.90. The van der Waals surface area contributed by atoms with Crippen LogP contribution in [0.3, 0.4) is 0 Å². The fourth-order valence-electron chi connectivity index (χ4n) is 3.16. The predicted molar refractivity (Wildman–Crippen MR) is 86.2 cm³/mol. The zero-order chi connectivity index (χ0) is 15.8. The predicted octanol–water partition coefficient (Wildman–Crippen LogP) is 2.87. The van der Waals surface area contributed by atoms with Gasteiger partial charge in [-0.15, -0.1) is 0 Å². The first-order chi connectivity index (χ1) is 11.3. The number of allylic oxidation sites excluding steroid dienone is 1. The number of nitriles is 1. The number of fused-ring (bicyclic) bond motifs is 3. The lowest BCUT2D eigenvalue weighted by molar-refractivity contribution is -0.378. The van der Waals surface area contributed by atoms with E-state index in [9.17, 15) is 5.26 Å². The van der Waals surface area contributed by atoms with Crippen LogP contribution in [0.25, 0.3) is 10.8 Å². The van der Waals surface area contributed by atoms with Gasteiger partial charge in [-0.05, 0) is 22.9 Å². The van der Waals surface area contributed by atoms with E-state index in [1.165, 1.54) is 0 Å². The quantitative estimate of drug-likeness (QED) is 0.751. The summed E-state index contributed by atoms with van der Waals surface area (Å²) in [6.45, 7) is 0. The van der Waals surface area contributed by atoms with E-state index in [0.717, 1.165) is 21.9 Å². The summed E-state index contributed by atoms with van der Waals surface area (Å²) in [5, 5.41) is 11.8. The van der Waals surface area contributed by atoms with Crippen molar-refractivity contribution in [3.8, 4) is 11.8 Å². The Kier molecular flexibility index (Phi) is 2.99. The smallest absolute Gasteiger partial charge is 0.205 e. The lowest BCUT2D eigenvalue weighted by atomic mass is 9.82. The molecule has 1 aliphatic rings. The third kappa shape index (κ3) is 2.02. The minimum absolute atomic E-state index is 0.170. The molecule has 0 saturated carbocycles. The monoisotopic (exact) mass is 300 g/mol. The number of nitrogens with zero attached hydrogens (tertiary/aromatic N) is 1. The highest BCUT2D eigenvalue weighted by atomic mass is 16.5. The van der Waals surface area contributed by atoms with Gasteiger partial charge in [0, 0.05) is 17.2 Å². The van der Waals surface area contributed by atoms with Crippen molar-refractivity contribution in [3.63, 3.8) is 0 Å². The Morgan fingerprint density at radius 3 is 2.74 bits per heavy atom. The Morgan fingerprint density at radius 2 is 1.96 bits per heavy atom. The Bertz CT molecular complexity index is 971. The van der Waals surface area contributed by atoms with Crippen LogP contribution in [0.1, 0.15) is 17.0 Å². The Morgan fingerprint density at radius 1 is 1.09 bits per heavy atom. The van der Waals surface area contributed by atoms with Crippen LogP contribution < -0.4 is 15.5 Å². The molecule has 4 nitrogen and oxygen atoms in total. The van der Waals surface area contributed by atoms with E-state index < -0.39 is 0 Å². The maximum absolute atomic E-state index is 9.61. The lowest BCUT2D eigenvalue weighted by Gasteiger charge is -2.26. The molecule has 1 unspecified atom stereocenters. The van der Waals surface area contributed by atoms with Gasteiger partial charge in [0.1, 0.15) is 17.4 Å². The number of nitrogens with one attached hydrogen (secondary N) is 1. The van der Waals surface area contributed by atoms with E-state index in [1.54, 1.807) is 0 Å². The van der Waals surface area contributed by atoms with Crippen molar-refractivity contribution < 1.29 is 9.72 Å². The standard InChI is InChI=1S/C19H13N3O/c20-10-15-17(13-5-3-9-22-11-13)18-14-6-2-1-4-12(14)7-8-16(18)23-19(15)21/h1-9,11,17H,21H2/p+1. The number of rotatable bonds is 1. The molecule has 0 amide bonds. The van der Waals surface area contributed by atoms with Gasteiger partial charge in [0.2, 0.25) is 5.88 Å². The van der Waals surface area contributed by atoms with E-state index in [1.807, 2.05) is 54.9 Å². The molecule has 4 heteroatoms. The normalized spacial score (nSPS) is 16.6. The van der Waals surface area contributed by atoms with Crippen molar-refractivity contribution in [3.05, 3.63) is 83.5 Å². The summed E-state index contributed by atoms with van der Waals surface area (Å²) in [7, 11) is 0. The van der Waals surface area contributed by atoms with Gasteiger partial charge >= 0.3 is 0 Å². The van der Waals surface area contributed by atoms with Crippen molar-refractivity contribution in [2.24, 2.45) is 5.73 Å². The fraction of sp³-hybridized carbons (Fsp3) is 0.0526. The topological polar surface area (TPSA) is 73.2 Å². The van der Waals surface area contributed by atoms with Crippen LogP contribution in [0.15, 0.2) is 72.4 Å². The molecule has 0 fully saturated rings. The molecule has 110 valence electrons. The number of aromatic amines is 1. The number of benzene rings is 2. The van der Waals surface area contributed by atoms with E-state index >= 15 is 0 Å². The molecule has 2 aromatic carbocycles. The van der Waals surface area contributed by atoms with E-state index in [2.05, 4.69) is 17.1 Å². The van der Waals surface area contributed by atoms with E-state index in [-0.39, 0.29) is 11.8 Å². The van der Waals surface area contributed by atoms with Crippen LogP contribution >= 0.6 is 0 Å². The highest BCUT2D eigenvalue weighted by Gasteiger charge is 2.32. The second-order valence-corrected chi connectivity index (χ2v) is 5.46. The summed E-state index contributed by atoms with van der Waals surface area (Å²) in [5.41, 5.74) is 8.40. The average molecular weight is 300 g/mol. The number of H-pyrrole nitrogens is 1. The minimum atomic E-state index is -0.243. The maximum Gasteiger partial charge on any atom is 0.205 e. The Hall–Kier alpha value is -3.32. The number of hydrogen-bond acceptors (Lipinski definition) is 3. The maximum atomic E-state index is 9.61. The molecule has 2 heterocycles. The fourth-order valence-corrected chi connectivity index (χ4v) is 3.16. The van der Waals surface area contributed by atoms with E-state index in [4.69, 9.17) is 10.5 Å². The third-order valence-corrected chi connectivity index (χ3v) is 4.18. The molecular formula is C19H14N3O+. The van der Waals surface area contributed by atoms with Crippen LogP contribution in [-0.2, 0) is 0 Å². The van der Waals surface area contributed by atoms with Crippen molar-refractivity contribution in [2.45, 2.75) is 5.92 Å². The lowest BCUT2D eigenvalue weighted by Crippen LogP contribution is -2.22. The Balaban J connectivity index is 2.08. The molecule has 3 aromatic rings. The summed E-state index contributed by atoms with van der Waals surface area (Å²) >= 11 is 0. The molecule has 1 aromatic heterocycles. The average Bonchev–Trinajstić information content (AvgIpc) is 2.61. The molecule has 4 rings (SSSR count). The van der Waals surface area contributed by atoms with Crippen LogP contribution in [0, 0.1) is 11.3 Å². The van der Waals surface area contributed by atoms with Gasteiger partial charge in [0.25, 0.3) is 0 Å². The molecule has 1 atom stereocenters. The van der Waals surface area contributed by atoms with Gasteiger partial charge in [-0.2, -0.15) is 5.26 Å². The number of pyridine rings is 1. The van der Waals surface area contributed by atoms with Gasteiger partial charge in [-0.25, -0.2) is 4.98 Å². The molecule has 0 spiro atoms. The van der Waals surface area contributed by atoms with E-state index in [0.29, 0.717) is 11.3 Å². The number of hydrogen-bond donors (Lipinski definition) is 1. The summed E-state index contributed by atoms with van der Waals surface area (Å²) < 4.78 is 5.72. The first-order valence-electron chi connectivity index (χ1n) is 7.35. The largest absolute Gasteiger partial charge is 0.440 e. The van der Waals surface area contributed by atoms with Gasteiger partial charge in [0.15, 0.2) is 12.4 Å². The second-order valence-electron chi connectivity index (χ2n) is 5.46. The van der Waals surface area contributed by atoms with Crippen molar-refractivity contribution in [2.75, 3.05) is 0 Å². The van der Waals surface area contributed by atoms with Crippen molar-refractivity contribution in [1.82, 2.24) is 0 Å². The molecule has 0 saturated heterocycles. The first kappa shape index (κ1) is 13.4. The summed E-state index contributed by atoms with van der Waals surface area (Å²) in [4.78, 5) is 3.08. The van der Waals surface area contributed by atoms with Crippen LogP contribution in [0.4, 0.5) is 0 Å². The molecule has 0 aliphatic carbocycles. The van der Waals surface area contributed by atoms with Gasteiger partial charge in [-0.1, -0.05) is 30.3 Å². The van der Waals surface area contributed by atoms with Gasteiger partial charge in [-0.3, -0.25) is 0 Å². The molecular weight excluding hydrogens is 286 g/mol. The molecule has 3 N–H and O–H groups in total. The molecule has 23 heavy (non-hydrogen) atoms. The summed E-state index contributed by atoms with van der Waals surface area (Å²) in [5.74, 6) is 0.630. The van der Waals surface area contributed by atoms with Crippen LogP contribution in [0.5, 0.6) is 5.75 Å². The first-order valence-corrected chi connectivity index (χ1v) is 7.35. The second kappa shape index (κ2) is 5.15. The number of aromatic nitrogens is 1. The summed E-state index contributed by atoms with van der Waals surface area (Å²) in [6, 6.07) is 18.1. The molecule has 0 radical (unpaired) electrons. The number of nitrogens with two attached hydrogens (primary N) is 1. The Labute approximate surface area is 133 Å². The highest BCUT2D eigenvalue weighted by Crippen LogP contribution is 2.45. The van der Waals surface area contributed by atoms with Crippen molar-refractivity contribution >= 4 is 10.8 Å². The molecule has 0 bridgehead atoms. The van der Waals surface area contributed by atoms with Crippen molar-refractivity contribution in [1.29, 1.82) is 5.26 Å². The van der Waals surface area contributed by atoms with Crippen LogP contribution in [0.2, 0.25) is 0 Å². The number of ether oxygens (including phenoxy) is 1. The third-order valence-electron chi connectivity index (χ3n) is 4.18. The van der Waals surface area contributed by atoms with Gasteiger partial charge in [0.05, 0.1) is 5.92 Å². The van der Waals surface area contributed by atoms with Gasteiger partial charge < -0.3 is 10.5 Å². The zero-order valence-corrected chi connectivity index (χ0v) is 12.3. The SMILES string of the molecule is N#CC1=C(N)Oc2ccc3ccccc3c2C1c1ccc[nH+]c1. The molecule has 1 aliphatic heterocycles. The minimum Gasteiger partial charge on any atom is -0.440 e.